The first kappa shape index (κ1) is 13.4. The van der Waals surface area contributed by atoms with Gasteiger partial charge in [-0.25, -0.2) is 4.98 Å². The van der Waals surface area contributed by atoms with Crippen molar-refractivity contribution in [2.45, 2.75) is 34.1 Å². The Morgan fingerprint density at radius 2 is 1.94 bits per heavy atom. The topological polar surface area (TPSA) is 35.0 Å². The number of aromatic nitrogens is 2. The van der Waals surface area contributed by atoms with Gasteiger partial charge in [0.1, 0.15) is 11.3 Å². The summed E-state index contributed by atoms with van der Waals surface area (Å²) in [6.45, 7) is 8.09. The van der Waals surface area contributed by atoms with Gasteiger partial charge in [-0.3, -0.25) is 4.98 Å². The lowest BCUT2D eigenvalue weighted by molar-refractivity contribution is 0.418. The first-order chi connectivity index (χ1) is 8.24. The first-order valence-corrected chi connectivity index (χ1v) is 6.05. The highest BCUT2D eigenvalue weighted by Crippen LogP contribution is 2.24. The van der Waals surface area contributed by atoms with Crippen LogP contribution in [0.1, 0.15) is 32.0 Å². The Labute approximate surface area is 103 Å². The van der Waals surface area contributed by atoms with Gasteiger partial charge in [-0.2, -0.15) is 0 Å². The molecule has 0 unspecified atom stereocenters. The quantitative estimate of drug-likeness (QED) is 0.794. The van der Waals surface area contributed by atoms with Gasteiger partial charge >= 0.3 is 0 Å². The molecule has 17 heavy (non-hydrogen) atoms. The Hall–Kier alpha value is -1.64. The predicted molar refractivity (Wildman–Crippen MR) is 71.6 cm³/mol. The second kappa shape index (κ2) is 6.18. The van der Waals surface area contributed by atoms with Gasteiger partial charge in [-0.15, -0.1) is 0 Å². The molecule has 0 aliphatic carbocycles. The fraction of sp³-hybridized carbons (Fsp3) is 0.429. The highest BCUT2D eigenvalue weighted by molar-refractivity contribution is 5.81. The molecule has 1 aromatic heterocycles. The van der Waals surface area contributed by atoms with Crippen LogP contribution >= 0.6 is 0 Å². The normalized spacial score (nSPS) is 9.71. The van der Waals surface area contributed by atoms with E-state index >= 15 is 0 Å². The molecule has 0 radical (unpaired) electrons. The van der Waals surface area contributed by atoms with Crippen molar-refractivity contribution < 1.29 is 4.74 Å². The average molecular weight is 232 g/mol. The van der Waals surface area contributed by atoms with Crippen LogP contribution in [0.15, 0.2) is 18.3 Å². The number of methoxy groups -OCH3 is 1. The molecule has 0 amide bonds. The minimum Gasteiger partial charge on any atom is -0.494 e. The van der Waals surface area contributed by atoms with Crippen LogP contribution in [0, 0.1) is 6.92 Å². The lowest BCUT2D eigenvalue weighted by Gasteiger charge is -2.06. The van der Waals surface area contributed by atoms with E-state index in [9.17, 15) is 0 Å². The Kier molecular flexibility index (Phi) is 4.88. The first-order valence-electron chi connectivity index (χ1n) is 6.05. The third kappa shape index (κ3) is 2.93. The molecule has 0 spiro atoms. The van der Waals surface area contributed by atoms with Gasteiger partial charge in [-0.1, -0.05) is 20.8 Å². The maximum atomic E-state index is 5.31. The molecule has 0 aliphatic rings. The highest BCUT2D eigenvalue weighted by atomic mass is 16.5. The maximum absolute atomic E-state index is 5.31. The molecule has 0 fully saturated rings. The van der Waals surface area contributed by atoms with Crippen molar-refractivity contribution in [3.8, 4) is 5.75 Å². The van der Waals surface area contributed by atoms with E-state index in [1.165, 1.54) is 0 Å². The lowest BCUT2D eigenvalue weighted by Crippen LogP contribution is -1.95. The summed E-state index contributed by atoms with van der Waals surface area (Å²) in [5.41, 5.74) is 3.87. The van der Waals surface area contributed by atoms with Crippen molar-refractivity contribution in [3.63, 3.8) is 0 Å². The van der Waals surface area contributed by atoms with Crippen molar-refractivity contribution in [2.75, 3.05) is 7.11 Å². The Morgan fingerprint density at radius 3 is 2.53 bits per heavy atom. The summed E-state index contributed by atoms with van der Waals surface area (Å²) in [6.07, 6.45) is 2.71. The molecule has 1 aromatic carbocycles. The number of fused-ring (bicyclic) bond motifs is 1. The molecule has 0 aliphatic heterocycles. The zero-order valence-electron chi connectivity index (χ0n) is 11.2. The number of benzene rings is 1. The number of nitrogens with zero attached hydrogens (tertiary/aromatic N) is 2. The van der Waals surface area contributed by atoms with Gasteiger partial charge in [0.25, 0.3) is 0 Å². The van der Waals surface area contributed by atoms with E-state index in [-0.39, 0.29) is 0 Å². The van der Waals surface area contributed by atoms with Crippen LogP contribution in [0.25, 0.3) is 11.0 Å². The Balaban J connectivity index is 0.000000686. The highest BCUT2D eigenvalue weighted by Gasteiger charge is 2.06. The molecular weight excluding hydrogens is 212 g/mol. The van der Waals surface area contributed by atoms with E-state index in [2.05, 4.69) is 16.9 Å². The summed E-state index contributed by atoms with van der Waals surface area (Å²) < 4.78 is 5.31. The largest absolute Gasteiger partial charge is 0.494 e. The number of ether oxygens (including phenoxy) is 1. The van der Waals surface area contributed by atoms with Crippen LogP contribution in [-0.4, -0.2) is 17.1 Å². The summed E-state index contributed by atoms with van der Waals surface area (Å²) >= 11 is 0. The van der Waals surface area contributed by atoms with Crippen molar-refractivity contribution in [1.82, 2.24) is 9.97 Å². The van der Waals surface area contributed by atoms with Gasteiger partial charge in [0.15, 0.2) is 0 Å². The minimum absolute atomic E-state index is 0.799. The number of aryl methyl sites for hydroxylation is 2. The molecule has 2 aromatic rings. The van der Waals surface area contributed by atoms with E-state index in [0.717, 1.165) is 34.5 Å². The van der Waals surface area contributed by atoms with E-state index in [1.54, 1.807) is 7.11 Å². The Bertz CT molecular complexity index is 495. The second-order valence-electron chi connectivity index (χ2n) is 3.55. The zero-order valence-corrected chi connectivity index (χ0v) is 11.2. The second-order valence-corrected chi connectivity index (χ2v) is 3.55. The van der Waals surface area contributed by atoms with Crippen molar-refractivity contribution in [3.05, 3.63) is 29.6 Å². The van der Waals surface area contributed by atoms with Crippen LogP contribution in [0.2, 0.25) is 0 Å². The fourth-order valence-electron chi connectivity index (χ4n) is 1.58. The van der Waals surface area contributed by atoms with Gasteiger partial charge < -0.3 is 4.74 Å². The van der Waals surface area contributed by atoms with Crippen LogP contribution in [0.5, 0.6) is 5.75 Å². The van der Waals surface area contributed by atoms with Crippen molar-refractivity contribution in [2.24, 2.45) is 0 Å². The van der Waals surface area contributed by atoms with Crippen LogP contribution < -0.4 is 4.74 Å². The Morgan fingerprint density at radius 1 is 1.24 bits per heavy atom. The van der Waals surface area contributed by atoms with Crippen molar-refractivity contribution >= 4 is 11.0 Å². The van der Waals surface area contributed by atoms with Gasteiger partial charge in [0.2, 0.25) is 0 Å². The van der Waals surface area contributed by atoms with E-state index in [4.69, 9.17) is 4.74 Å². The molecule has 0 saturated heterocycles. The fourth-order valence-corrected chi connectivity index (χ4v) is 1.58. The third-order valence-corrected chi connectivity index (χ3v) is 2.39. The van der Waals surface area contributed by atoms with Gasteiger partial charge in [0, 0.05) is 6.20 Å². The SMILES string of the molecule is CC.CCc1cnc2cc(C)cc(OC)c2n1. The summed E-state index contributed by atoms with van der Waals surface area (Å²) in [5, 5.41) is 0. The van der Waals surface area contributed by atoms with E-state index in [1.807, 2.05) is 39.1 Å². The number of hydrogen-bond acceptors (Lipinski definition) is 3. The lowest BCUT2D eigenvalue weighted by atomic mass is 10.2. The van der Waals surface area contributed by atoms with E-state index < -0.39 is 0 Å². The van der Waals surface area contributed by atoms with Crippen LogP contribution in [0.3, 0.4) is 0 Å². The molecule has 0 bridgehead atoms. The molecule has 3 heteroatoms. The van der Waals surface area contributed by atoms with Gasteiger partial charge in [0.05, 0.1) is 18.3 Å². The predicted octanol–water partition coefficient (Wildman–Crippen LogP) is 3.54. The number of hydrogen-bond donors (Lipinski definition) is 0. The summed E-state index contributed by atoms with van der Waals surface area (Å²) in [7, 11) is 1.66. The maximum Gasteiger partial charge on any atom is 0.146 e. The molecular formula is C14H20N2O. The van der Waals surface area contributed by atoms with Crippen LogP contribution in [-0.2, 0) is 6.42 Å². The molecule has 92 valence electrons. The average Bonchev–Trinajstić information content (AvgIpc) is 2.39. The minimum atomic E-state index is 0.799. The standard InChI is InChI=1S/C12H14N2O.C2H6/c1-4-9-7-13-10-5-8(2)6-11(15-3)12(10)14-9;1-2/h5-7H,4H2,1-3H3;1-2H3. The molecule has 0 atom stereocenters. The van der Waals surface area contributed by atoms with Gasteiger partial charge in [-0.05, 0) is 31.0 Å². The summed E-state index contributed by atoms with van der Waals surface area (Å²) in [6, 6.07) is 4.00. The smallest absolute Gasteiger partial charge is 0.146 e. The van der Waals surface area contributed by atoms with E-state index in [0.29, 0.717) is 0 Å². The molecule has 0 N–H and O–H groups in total. The van der Waals surface area contributed by atoms with Crippen LogP contribution in [0.4, 0.5) is 0 Å². The molecule has 0 saturated carbocycles. The monoisotopic (exact) mass is 232 g/mol. The zero-order chi connectivity index (χ0) is 12.8. The summed E-state index contributed by atoms with van der Waals surface area (Å²) in [5.74, 6) is 0.799. The number of rotatable bonds is 2. The third-order valence-electron chi connectivity index (χ3n) is 2.39. The van der Waals surface area contributed by atoms with Crippen molar-refractivity contribution in [1.29, 1.82) is 0 Å². The molecule has 1 heterocycles. The summed E-state index contributed by atoms with van der Waals surface area (Å²) in [4.78, 5) is 8.90. The molecule has 2 rings (SSSR count). The molecule has 3 nitrogen and oxygen atoms in total.